The van der Waals surface area contributed by atoms with E-state index in [0.29, 0.717) is 11.3 Å². The summed E-state index contributed by atoms with van der Waals surface area (Å²) in [7, 11) is 0. The average Bonchev–Trinajstić information content (AvgIpc) is 2.93. The quantitative estimate of drug-likeness (QED) is 0.558. The summed E-state index contributed by atoms with van der Waals surface area (Å²) in [6, 6.07) is 8.80. The van der Waals surface area contributed by atoms with Crippen molar-refractivity contribution in [2.24, 2.45) is 0 Å². The molecule has 27 heavy (non-hydrogen) atoms. The van der Waals surface area contributed by atoms with Crippen LogP contribution in [-0.2, 0) is 9.53 Å². The number of hydrogen-bond acceptors (Lipinski definition) is 5. The Morgan fingerprint density at radius 2 is 2.11 bits per heavy atom. The number of ketones is 1. The minimum atomic E-state index is -0.813. The molecule has 0 amide bonds. The first-order chi connectivity index (χ1) is 12.9. The van der Waals surface area contributed by atoms with Gasteiger partial charge >= 0.3 is 5.97 Å². The van der Waals surface area contributed by atoms with Gasteiger partial charge in [0, 0.05) is 11.6 Å². The molecule has 2 aromatic carbocycles. The van der Waals surface area contributed by atoms with Crippen molar-refractivity contribution >= 4 is 29.4 Å². The Labute approximate surface area is 160 Å². The third kappa shape index (κ3) is 3.95. The van der Waals surface area contributed by atoms with E-state index in [1.54, 1.807) is 19.9 Å². The van der Waals surface area contributed by atoms with Gasteiger partial charge < -0.3 is 14.2 Å². The van der Waals surface area contributed by atoms with E-state index in [4.69, 9.17) is 25.8 Å². The first-order valence-corrected chi connectivity index (χ1v) is 8.64. The third-order valence-electron chi connectivity index (χ3n) is 3.85. The second-order valence-corrected chi connectivity index (χ2v) is 6.15. The van der Waals surface area contributed by atoms with E-state index in [9.17, 15) is 14.0 Å². The zero-order valence-electron chi connectivity index (χ0n) is 14.6. The van der Waals surface area contributed by atoms with Gasteiger partial charge in [-0.1, -0.05) is 17.7 Å². The number of ether oxygens (including phenoxy) is 3. The molecule has 5 nitrogen and oxygen atoms in total. The minimum absolute atomic E-state index is 0.0485. The molecule has 140 valence electrons. The molecule has 0 aromatic heterocycles. The fourth-order valence-corrected chi connectivity index (χ4v) is 2.75. The third-order valence-corrected chi connectivity index (χ3v) is 4.18. The van der Waals surface area contributed by atoms with Gasteiger partial charge in [-0.25, -0.2) is 9.18 Å². The van der Waals surface area contributed by atoms with Gasteiger partial charge in [-0.05, 0) is 44.2 Å². The van der Waals surface area contributed by atoms with Gasteiger partial charge in [0.1, 0.15) is 17.3 Å². The molecule has 7 heteroatoms. The van der Waals surface area contributed by atoms with Gasteiger partial charge in [0.25, 0.3) is 0 Å². The Morgan fingerprint density at radius 1 is 1.33 bits per heavy atom. The van der Waals surface area contributed by atoms with Gasteiger partial charge in [0.15, 0.2) is 11.9 Å². The number of benzene rings is 2. The summed E-state index contributed by atoms with van der Waals surface area (Å²) in [5.41, 5.74) is 0.382. The summed E-state index contributed by atoms with van der Waals surface area (Å²) < 4.78 is 29.9. The molecular weight excluding hydrogens is 375 g/mol. The topological polar surface area (TPSA) is 61.8 Å². The number of carbonyl (C=O) groups excluding carboxylic acids is 2. The Balaban J connectivity index is 1.83. The summed E-state index contributed by atoms with van der Waals surface area (Å²) in [6.07, 6.45) is 0.453. The maximum absolute atomic E-state index is 13.9. The average molecular weight is 391 g/mol. The van der Waals surface area contributed by atoms with Gasteiger partial charge in [0.2, 0.25) is 5.78 Å². The number of halogens is 2. The molecule has 0 bridgehead atoms. The zero-order valence-corrected chi connectivity index (χ0v) is 15.4. The van der Waals surface area contributed by atoms with E-state index in [-0.39, 0.29) is 28.7 Å². The van der Waals surface area contributed by atoms with Crippen LogP contribution in [0.5, 0.6) is 11.5 Å². The largest absolute Gasteiger partial charge is 0.479 e. The van der Waals surface area contributed by atoms with E-state index in [2.05, 4.69) is 0 Å². The smallest absolute Gasteiger partial charge is 0.347 e. The maximum Gasteiger partial charge on any atom is 0.347 e. The van der Waals surface area contributed by atoms with E-state index < -0.39 is 23.7 Å². The van der Waals surface area contributed by atoms with Crippen molar-refractivity contribution in [1.29, 1.82) is 0 Å². The van der Waals surface area contributed by atoms with Crippen molar-refractivity contribution in [3.8, 4) is 11.5 Å². The summed E-state index contributed by atoms with van der Waals surface area (Å²) in [4.78, 5) is 24.1. The monoisotopic (exact) mass is 390 g/mol. The molecule has 0 spiro atoms. The summed E-state index contributed by atoms with van der Waals surface area (Å²) in [5, 5.41) is 0.169. The standard InChI is InChI=1S/C20H16ClFO5/c1-3-25-20(24)11(2)26-12-7-8-13-17(9-12)27-18(19(13)23)10-14-15(21)5-4-6-16(14)22/h4-11H,3H2,1-2H3/b18-10-/t11-/m1/s1. The zero-order chi connectivity index (χ0) is 19.6. The van der Waals surface area contributed by atoms with E-state index in [1.807, 2.05) is 0 Å². The number of Topliss-reactive ketones (excluding diaryl/α,β-unsaturated/α-hetero) is 1. The molecule has 0 unspecified atom stereocenters. The molecular formula is C20H16ClFO5. The van der Waals surface area contributed by atoms with Crippen LogP contribution in [0.3, 0.4) is 0 Å². The number of allylic oxidation sites excluding steroid dienone is 1. The number of carbonyl (C=O) groups is 2. The molecule has 0 radical (unpaired) electrons. The lowest BCUT2D eigenvalue weighted by atomic mass is 10.1. The molecule has 0 saturated carbocycles. The first kappa shape index (κ1) is 18.9. The molecule has 0 aliphatic carbocycles. The van der Waals surface area contributed by atoms with Crippen LogP contribution in [0.2, 0.25) is 5.02 Å². The SMILES string of the molecule is CCOC(=O)[C@@H](C)Oc1ccc2c(c1)O/C(=C\c1c(F)cccc1Cl)C2=O. The van der Waals surface area contributed by atoms with Crippen molar-refractivity contribution in [2.75, 3.05) is 6.61 Å². The highest BCUT2D eigenvalue weighted by atomic mass is 35.5. The Bertz CT molecular complexity index is 918. The highest BCUT2D eigenvalue weighted by Crippen LogP contribution is 2.36. The molecule has 1 aliphatic rings. The summed E-state index contributed by atoms with van der Waals surface area (Å²) in [5.74, 6) is -0.902. The van der Waals surface area contributed by atoms with E-state index in [1.165, 1.54) is 36.4 Å². The van der Waals surface area contributed by atoms with Crippen LogP contribution in [-0.4, -0.2) is 24.5 Å². The number of fused-ring (bicyclic) bond motifs is 1. The van der Waals surface area contributed by atoms with Crippen LogP contribution in [0.15, 0.2) is 42.2 Å². The molecule has 0 fully saturated rings. The second kappa shape index (κ2) is 7.80. The van der Waals surface area contributed by atoms with Crippen molar-refractivity contribution in [3.63, 3.8) is 0 Å². The first-order valence-electron chi connectivity index (χ1n) is 8.26. The van der Waals surface area contributed by atoms with E-state index >= 15 is 0 Å². The van der Waals surface area contributed by atoms with Crippen LogP contribution in [0.1, 0.15) is 29.8 Å². The second-order valence-electron chi connectivity index (χ2n) is 5.75. The van der Waals surface area contributed by atoms with Gasteiger partial charge in [0.05, 0.1) is 17.2 Å². The fourth-order valence-electron chi connectivity index (χ4n) is 2.53. The molecule has 2 aromatic rings. The Kier molecular flexibility index (Phi) is 5.46. The molecule has 0 N–H and O–H groups in total. The molecule has 3 rings (SSSR count). The van der Waals surface area contributed by atoms with Crippen molar-refractivity contribution < 1.29 is 28.2 Å². The van der Waals surface area contributed by atoms with Gasteiger partial charge in [-0.15, -0.1) is 0 Å². The van der Waals surface area contributed by atoms with Gasteiger partial charge in [-0.3, -0.25) is 4.79 Å². The summed E-state index contributed by atoms with van der Waals surface area (Å²) in [6.45, 7) is 3.51. The highest BCUT2D eigenvalue weighted by molar-refractivity contribution is 6.32. The lowest BCUT2D eigenvalue weighted by molar-refractivity contribution is -0.150. The molecule has 1 aliphatic heterocycles. The fraction of sp³-hybridized carbons (Fsp3) is 0.200. The van der Waals surface area contributed by atoms with Crippen LogP contribution in [0.25, 0.3) is 6.08 Å². The predicted molar refractivity (Wildman–Crippen MR) is 97.5 cm³/mol. The Hall–Kier alpha value is -2.86. The number of rotatable bonds is 5. The van der Waals surface area contributed by atoms with Crippen molar-refractivity contribution in [3.05, 3.63) is 64.1 Å². The number of hydrogen-bond donors (Lipinski definition) is 0. The molecule has 1 heterocycles. The Morgan fingerprint density at radius 3 is 2.81 bits per heavy atom. The van der Waals surface area contributed by atoms with Crippen molar-refractivity contribution in [2.45, 2.75) is 20.0 Å². The highest BCUT2D eigenvalue weighted by Gasteiger charge is 2.29. The number of esters is 1. The van der Waals surface area contributed by atoms with Crippen LogP contribution >= 0.6 is 11.6 Å². The lowest BCUT2D eigenvalue weighted by Crippen LogP contribution is -2.26. The molecule has 0 saturated heterocycles. The van der Waals surface area contributed by atoms with Crippen LogP contribution < -0.4 is 9.47 Å². The van der Waals surface area contributed by atoms with Crippen LogP contribution in [0.4, 0.5) is 4.39 Å². The lowest BCUT2D eigenvalue weighted by Gasteiger charge is -2.13. The van der Waals surface area contributed by atoms with Crippen LogP contribution in [0, 0.1) is 5.82 Å². The minimum Gasteiger partial charge on any atom is -0.479 e. The van der Waals surface area contributed by atoms with Gasteiger partial charge in [-0.2, -0.15) is 0 Å². The summed E-state index contributed by atoms with van der Waals surface area (Å²) >= 11 is 5.99. The molecule has 1 atom stereocenters. The maximum atomic E-state index is 13.9. The normalized spacial score (nSPS) is 15.3. The van der Waals surface area contributed by atoms with Crippen molar-refractivity contribution in [1.82, 2.24) is 0 Å². The predicted octanol–water partition coefficient (Wildman–Crippen LogP) is 4.43. The van der Waals surface area contributed by atoms with E-state index in [0.717, 1.165) is 0 Å².